The van der Waals surface area contributed by atoms with Gasteiger partial charge in [0, 0.05) is 18.5 Å². The van der Waals surface area contributed by atoms with E-state index in [1.54, 1.807) is 0 Å². The molecule has 0 atom stereocenters. The molecule has 1 aliphatic rings. The minimum Gasteiger partial charge on any atom is -0.508 e. The summed E-state index contributed by atoms with van der Waals surface area (Å²) in [5.41, 5.74) is -0.434. The van der Waals surface area contributed by atoms with Crippen LogP contribution in [0, 0.1) is 5.92 Å². The zero-order chi connectivity index (χ0) is 21.5. The number of anilines is 1. The maximum atomic E-state index is 13.0. The molecule has 1 aromatic carbocycles. The molecule has 0 aliphatic carbocycles. The standard InChI is InChI=1S/C19H24N4O5S/c1-10(2)7-8-23-19(26)15(17(25)16(21-23)11(3)4)18-20-13-6-5-12(24)9-14(13)29(27,28)22-18/h5-6,9-11,24-25H,7-8H2,1-4H3,(H,20,22). The summed E-state index contributed by atoms with van der Waals surface area (Å²) in [6.45, 7) is 7.98. The molecule has 0 saturated heterocycles. The van der Waals surface area contributed by atoms with E-state index < -0.39 is 21.3 Å². The van der Waals surface area contributed by atoms with Crippen molar-refractivity contribution in [2.24, 2.45) is 10.3 Å². The average Bonchev–Trinajstić information content (AvgIpc) is 2.61. The van der Waals surface area contributed by atoms with Crippen molar-refractivity contribution in [1.82, 2.24) is 9.78 Å². The van der Waals surface area contributed by atoms with Gasteiger partial charge in [-0.1, -0.05) is 27.7 Å². The molecule has 2 aromatic rings. The van der Waals surface area contributed by atoms with Crippen molar-refractivity contribution in [3.8, 4) is 11.5 Å². The minimum absolute atomic E-state index is 0.156. The number of rotatable bonds is 5. The van der Waals surface area contributed by atoms with Crippen molar-refractivity contribution >= 4 is 21.5 Å². The van der Waals surface area contributed by atoms with Crippen LogP contribution in [-0.4, -0.2) is 34.2 Å². The number of nitrogens with one attached hydrogen (secondary N) is 1. The molecule has 29 heavy (non-hydrogen) atoms. The molecule has 0 saturated carbocycles. The Labute approximate surface area is 168 Å². The van der Waals surface area contributed by atoms with E-state index in [2.05, 4.69) is 14.8 Å². The number of aromatic nitrogens is 2. The highest BCUT2D eigenvalue weighted by atomic mass is 32.2. The zero-order valence-electron chi connectivity index (χ0n) is 16.7. The molecule has 2 heterocycles. The van der Waals surface area contributed by atoms with E-state index in [-0.39, 0.29) is 39.3 Å². The molecule has 9 nitrogen and oxygen atoms in total. The molecule has 0 unspecified atom stereocenters. The monoisotopic (exact) mass is 420 g/mol. The third-order valence-corrected chi connectivity index (χ3v) is 5.88. The fourth-order valence-electron chi connectivity index (χ4n) is 2.97. The van der Waals surface area contributed by atoms with Crippen molar-refractivity contribution in [1.29, 1.82) is 0 Å². The lowest BCUT2D eigenvalue weighted by Crippen LogP contribution is -2.35. The highest BCUT2D eigenvalue weighted by Crippen LogP contribution is 2.33. The molecular formula is C19H24N4O5S. The maximum Gasteiger partial charge on any atom is 0.286 e. The Morgan fingerprint density at radius 3 is 2.48 bits per heavy atom. The van der Waals surface area contributed by atoms with Gasteiger partial charge in [0.25, 0.3) is 15.6 Å². The van der Waals surface area contributed by atoms with Crippen LogP contribution in [-0.2, 0) is 16.6 Å². The van der Waals surface area contributed by atoms with Gasteiger partial charge in [-0.3, -0.25) is 4.79 Å². The summed E-state index contributed by atoms with van der Waals surface area (Å²) in [5.74, 6) is -0.765. The normalized spacial score (nSPS) is 15.2. The first-order valence-corrected chi connectivity index (χ1v) is 10.7. The van der Waals surface area contributed by atoms with Gasteiger partial charge in [0.15, 0.2) is 11.6 Å². The molecule has 1 aliphatic heterocycles. The fraction of sp³-hybridized carbons (Fsp3) is 0.421. The lowest BCUT2D eigenvalue weighted by Gasteiger charge is -2.21. The molecule has 0 amide bonds. The van der Waals surface area contributed by atoms with E-state index in [1.807, 2.05) is 27.7 Å². The van der Waals surface area contributed by atoms with Crippen molar-refractivity contribution in [3.05, 3.63) is 39.8 Å². The molecule has 3 N–H and O–H groups in total. The summed E-state index contributed by atoms with van der Waals surface area (Å²) in [4.78, 5) is 12.8. The number of benzene rings is 1. The van der Waals surface area contributed by atoms with E-state index in [9.17, 15) is 23.4 Å². The number of phenolic OH excluding ortho intramolecular Hbond substituents is 1. The highest BCUT2D eigenvalue weighted by Gasteiger charge is 2.31. The average molecular weight is 420 g/mol. The second-order valence-corrected chi connectivity index (χ2v) is 9.27. The lowest BCUT2D eigenvalue weighted by molar-refractivity contribution is 0.424. The smallest absolute Gasteiger partial charge is 0.286 e. The van der Waals surface area contributed by atoms with Gasteiger partial charge in [-0.2, -0.15) is 13.5 Å². The number of hydrogen-bond acceptors (Lipinski definition) is 7. The van der Waals surface area contributed by atoms with Crippen molar-refractivity contribution < 1.29 is 18.6 Å². The molecular weight excluding hydrogens is 396 g/mol. The van der Waals surface area contributed by atoms with E-state index in [1.165, 1.54) is 16.8 Å². The number of aryl methyl sites for hydroxylation is 1. The quantitative estimate of drug-likeness (QED) is 0.632. The van der Waals surface area contributed by atoms with Crippen LogP contribution in [0.15, 0.2) is 32.3 Å². The Morgan fingerprint density at radius 1 is 1.17 bits per heavy atom. The SMILES string of the molecule is CC(C)CCn1nc(C(C)C)c(O)c(C2=NS(=O)(=O)c3cc(O)ccc3N2)c1=O. The maximum absolute atomic E-state index is 13.0. The first kappa shape index (κ1) is 20.8. The van der Waals surface area contributed by atoms with Gasteiger partial charge in [-0.15, -0.1) is 4.40 Å². The first-order chi connectivity index (χ1) is 13.5. The first-order valence-electron chi connectivity index (χ1n) is 9.30. The number of sulfonamides is 1. The number of amidine groups is 1. The highest BCUT2D eigenvalue weighted by molar-refractivity contribution is 7.90. The second kappa shape index (κ2) is 7.51. The number of hydrogen-bond donors (Lipinski definition) is 3. The van der Waals surface area contributed by atoms with E-state index in [0.29, 0.717) is 18.9 Å². The van der Waals surface area contributed by atoms with Gasteiger partial charge in [-0.05, 0) is 24.5 Å². The van der Waals surface area contributed by atoms with Crippen LogP contribution < -0.4 is 10.9 Å². The summed E-state index contributed by atoms with van der Waals surface area (Å²) in [5, 5.41) is 27.4. The van der Waals surface area contributed by atoms with Gasteiger partial charge in [-0.25, -0.2) is 4.68 Å². The molecule has 0 bridgehead atoms. The fourth-order valence-corrected chi connectivity index (χ4v) is 4.11. The van der Waals surface area contributed by atoms with Gasteiger partial charge >= 0.3 is 0 Å². The Bertz CT molecular complexity index is 1150. The predicted molar refractivity (Wildman–Crippen MR) is 109 cm³/mol. The van der Waals surface area contributed by atoms with Crippen molar-refractivity contribution in [2.75, 3.05) is 5.32 Å². The topological polar surface area (TPSA) is 134 Å². The molecule has 1 aromatic heterocycles. The Kier molecular flexibility index (Phi) is 5.40. The minimum atomic E-state index is -4.18. The molecule has 0 spiro atoms. The molecule has 3 rings (SSSR count). The predicted octanol–water partition coefficient (Wildman–Crippen LogP) is 2.38. The van der Waals surface area contributed by atoms with Crippen molar-refractivity contribution in [2.45, 2.75) is 51.5 Å². The van der Waals surface area contributed by atoms with Crippen LogP contribution in [0.4, 0.5) is 5.69 Å². The van der Waals surface area contributed by atoms with Gasteiger partial charge in [0.2, 0.25) is 0 Å². The van der Waals surface area contributed by atoms with Crippen LogP contribution >= 0.6 is 0 Å². The summed E-state index contributed by atoms with van der Waals surface area (Å²) in [7, 11) is -4.18. The van der Waals surface area contributed by atoms with Crippen LogP contribution in [0.25, 0.3) is 0 Å². The Balaban J connectivity index is 2.22. The molecule has 10 heteroatoms. The van der Waals surface area contributed by atoms with Crippen LogP contribution in [0.2, 0.25) is 0 Å². The molecule has 0 radical (unpaired) electrons. The summed E-state index contributed by atoms with van der Waals surface area (Å²) < 4.78 is 30.1. The number of nitrogens with zero attached hydrogens (tertiary/aromatic N) is 3. The van der Waals surface area contributed by atoms with E-state index in [0.717, 1.165) is 6.07 Å². The van der Waals surface area contributed by atoms with E-state index in [4.69, 9.17) is 0 Å². The molecule has 0 fully saturated rings. The third kappa shape index (κ3) is 3.98. The second-order valence-electron chi connectivity index (χ2n) is 7.69. The van der Waals surface area contributed by atoms with Gasteiger partial charge in [0.05, 0.1) is 5.69 Å². The van der Waals surface area contributed by atoms with Crippen LogP contribution in [0.3, 0.4) is 0 Å². The summed E-state index contributed by atoms with van der Waals surface area (Å²) >= 11 is 0. The molecule has 156 valence electrons. The van der Waals surface area contributed by atoms with Crippen LogP contribution in [0.1, 0.15) is 51.3 Å². The number of phenols is 1. The zero-order valence-corrected chi connectivity index (χ0v) is 17.5. The Hall–Kier alpha value is -2.88. The summed E-state index contributed by atoms with van der Waals surface area (Å²) in [6.07, 6.45) is 0.689. The number of aromatic hydroxyl groups is 2. The largest absolute Gasteiger partial charge is 0.508 e. The van der Waals surface area contributed by atoms with Crippen LogP contribution in [0.5, 0.6) is 11.5 Å². The van der Waals surface area contributed by atoms with Gasteiger partial charge < -0.3 is 15.5 Å². The van der Waals surface area contributed by atoms with Gasteiger partial charge in [0.1, 0.15) is 21.9 Å². The third-order valence-electron chi connectivity index (χ3n) is 4.57. The number of fused-ring (bicyclic) bond motifs is 1. The Morgan fingerprint density at radius 2 is 1.86 bits per heavy atom. The van der Waals surface area contributed by atoms with Crippen molar-refractivity contribution in [3.63, 3.8) is 0 Å². The summed E-state index contributed by atoms with van der Waals surface area (Å²) in [6, 6.07) is 3.76. The van der Waals surface area contributed by atoms with E-state index >= 15 is 0 Å². The lowest BCUT2D eigenvalue weighted by atomic mass is 10.1.